The average molecular weight is 199 g/mol. The highest BCUT2D eigenvalue weighted by molar-refractivity contribution is 4.87. The van der Waals surface area contributed by atoms with Gasteiger partial charge in [-0.05, 0) is 25.7 Å². The van der Waals surface area contributed by atoms with Crippen LogP contribution < -0.4 is 5.32 Å². The summed E-state index contributed by atoms with van der Waals surface area (Å²) in [4.78, 5) is 0. The lowest BCUT2D eigenvalue weighted by atomic mass is 10.0. The molecule has 1 aliphatic heterocycles. The number of rotatable bonds is 3. The number of hydrogen-bond acceptors (Lipinski definition) is 3. The highest BCUT2D eigenvalue weighted by Crippen LogP contribution is 2.28. The van der Waals surface area contributed by atoms with Crippen molar-refractivity contribution in [2.24, 2.45) is 0 Å². The summed E-state index contributed by atoms with van der Waals surface area (Å²) in [6.45, 7) is 2.52. The maximum Gasteiger partial charge on any atom is 0.0771 e. The molecular weight excluding hydrogens is 178 g/mol. The largest absolute Gasteiger partial charge is 0.389 e. The summed E-state index contributed by atoms with van der Waals surface area (Å²) in [7, 11) is 0. The van der Waals surface area contributed by atoms with E-state index in [9.17, 15) is 5.11 Å². The Morgan fingerprint density at radius 2 is 1.86 bits per heavy atom. The molecule has 14 heavy (non-hydrogen) atoms. The van der Waals surface area contributed by atoms with Crippen molar-refractivity contribution in [3.05, 3.63) is 0 Å². The van der Waals surface area contributed by atoms with Gasteiger partial charge in [0, 0.05) is 25.8 Å². The zero-order valence-electron chi connectivity index (χ0n) is 8.80. The van der Waals surface area contributed by atoms with Crippen LogP contribution in [0.4, 0.5) is 0 Å². The summed E-state index contributed by atoms with van der Waals surface area (Å²) < 4.78 is 5.29. The molecule has 0 bridgehead atoms. The minimum Gasteiger partial charge on any atom is -0.389 e. The van der Waals surface area contributed by atoms with Crippen LogP contribution in [0.25, 0.3) is 0 Å². The van der Waals surface area contributed by atoms with Gasteiger partial charge in [0.2, 0.25) is 0 Å². The molecule has 3 heteroatoms. The van der Waals surface area contributed by atoms with Crippen LogP contribution in [0.5, 0.6) is 0 Å². The van der Waals surface area contributed by atoms with E-state index in [2.05, 4.69) is 5.32 Å². The molecule has 3 nitrogen and oxygen atoms in total. The van der Waals surface area contributed by atoms with Crippen molar-refractivity contribution in [3.8, 4) is 0 Å². The lowest BCUT2D eigenvalue weighted by Crippen LogP contribution is -2.44. The Balaban J connectivity index is 1.70. The van der Waals surface area contributed by atoms with Crippen LogP contribution >= 0.6 is 0 Å². The first-order valence-corrected chi connectivity index (χ1v) is 5.82. The molecule has 0 radical (unpaired) electrons. The van der Waals surface area contributed by atoms with Crippen molar-refractivity contribution < 1.29 is 9.84 Å². The van der Waals surface area contributed by atoms with Crippen LogP contribution in [0.3, 0.4) is 0 Å². The molecule has 2 aliphatic rings. The van der Waals surface area contributed by atoms with E-state index < -0.39 is 5.60 Å². The van der Waals surface area contributed by atoms with E-state index in [1.165, 1.54) is 12.8 Å². The van der Waals surface area contributed by atoms with Crippen LogP contribution in [0.1, 0.15) is 38.5 Å². The fourth-order valence-corrected chi connectivity index (χ4v) is 2.45. The topological polar surface area (TPSA) is 41.5 Å². The first kappa shape index (κ1) is 10.4. The zero-order chi connectivity index (χ0) is 9.86. The maximum atomic E-state index is 10.1. The van der Waals surface area contributed by atoms with Crippen LogP contribution in [-0.4, -0.2) is 36.5 Å². The van der Waals surface area contributed by atoms with Crippen molar-refractivity contribution in [2.75, 3.05) is 19.8 Å². The van der Waals surface area contributed by atoms with Gasteiger partial charge in [-0.3, -0.25) is 0 Å². The second kappa shape index (κ2) is 4.60. The fraction of sp³-hybridized carbons (Fsp3) is 1.00. The molecule has 2 rings (SSSR count). The van der Waals surface area contributed by atoms with Crippen LogP contribution in [0, 0.1) is 0 Å². The van der Waals surface area contributed by atoms with Gasteiger partial charge in [0.25, 0.3) is 0 Å². The van der Waals surface area contributed by atoms with Crippen molar-refractivity contribution >= 4 is 0 Å². The van der Waals surface area contributed by atoms with Crippen molar-refractivity contribution in [1.82, 2.24) is 5.32 Å². The van der Waals surface area contributed by atoms with Crippen molar-refractivity contribution in [3.63, 3.8) is 0 Å². The predicted octanol–water partition coefficient (Wildman–Crippen LogP) is 1.06. The van der Waals surface area contributed by atoms with Gasteiger partial charge in [-0.1, -0.05) is 12.8 Å². The van der Waals surface area contributed by atoms with E-state index >= 15 is 0 Å². The summed E-state index contributed by atoms with van der Waals surface area (Å²) in [6, 6.07) is 0.563. The van der Waals surface area contributed by atoms with E-state index in [-0.39, 0.29) is 0 Å². The SMILES string of the molecule is OC1(CNC2CCOCC2)CCCC1. The first-order valence-electron chi connectivity index (χ1n) is 5.82. The lowest BCUT2D eigenvalue weighted by molar-refractivity contribution is 0.0322. The first-order chi connectivity index (χ1) is 6.79. The Bertz CT molecular complexity index is 172. The van der Waals surface area contributed by atoms with Crippen LogP contribution in [0.15, 0.2) is 0 Å². The lowest BCUT2D eigenvalue weighted by Gasteiger charge is -2.28. The molecule has 2 fully saturated rings. The minimum atomic E-state index is -0.404. The molecule has 0 aromatic heterocycles. The predicted molar refractivity (Wildman–Crippen MR) is 55.3 cm³/mol. The van der Waals surface area contributed by atoms with Gasteiger partial charge >= 0.3 is 0 Å². The van der Waals surface area contributed by atoms with Crippen LogP contribution in [0.2, 0.25) is 0 Å². The Morgan fingerprint density at radius 3 is 2.50 bits per heavy atom. The molecule has 82 valence electrons. The summed E-state index contributed by atoms with van der Waals surface area (Å²) in [6.07, 6.45) is 6.51. The second-order valence-corrected chi connectivity index (χ2v) is 4.70. The van der Waals surface area contributed by atoms with Crippen molar-refractivity contribution in [2.45, 2.75) is 50.2 Å². The quantitative estimate of drug-likeness (QED) is 0.714. The molecule has 0 spiro atoms. The number of hydrogen-bond donors (Lipinski definition) is 2. The monoisotopic (exact) mass is 199 g/mol. The molecule has 1 heterocycles. The molecular formula is C11H21NO2. The third-order valence-corrected chi connectivity index (χ3v) is 3.48. The molecule has 1 saturated carbocycles. The number of nitrogens with one attached hydrogen (secondary N) is 1. The molecule has 0 aromatic rings. The molecule has 1 aliphatic carbocycles. The minimum absolute atomic E-state index is 0.404. The summed E-state index contributed by atoms with van der Waals surface area (Å²) in [5.41, 5.74) is -0.404. The van der Waals surface area contributed by atoms with Gasteiger partial charge in [0.05, 0.1) is 5.60 Å². The van der Waals surface area contributed by atoms with E-state index in [1.54, 1.807) is 0 Å². The van der Waals surface area contributed by atoms with E-state index in [0.29, 0.717) is 6.04 Å². The van der Waals surface area contributed by atoms with Gasteiger partial charge < -0.3 is 15.2 Å². The molecule has 0 amide bonds. The van der Waals surface area contributed by atoms with Gasteiger partial charge in [-0.2, -0.15) is 0 Å². The van der Waals surface area contributed by atoms with Gasteiger partial charge in [0.1, 0.15) is 0 Å². The third-order valence-electron chi connectivity index (χ3n) is 3.48. The normalized spacial score (nSPS) is 28.1. The molecule has 1 saturated heterocycles. The summed E-state index contributed by atoms with van der Waals surface area (Å²) in [5.74, 6) is 0. The Hall–Kier alpha value is -0.120. The van der Waals surface area contributed by atoms with E-state index in [0.717, 1.165) is 45.4 Å². The molecule has 0 atom stereocenters. The second-order valence-electron chi connectivity index (χ2n) is 4.70. The molecule has 0 aromatic carbocycles. The average Bonchev–Trinajstić information content (AvgIpc) is 2.65. The Kier molecular flexibility index (Phi) is 3.42. The zero-order valence-corrected chi connectivity index (χ0v) is 8.80. The summed E-state index contributed by atoms with van der Waals surface area (Å²) >= 11 is 0. The standard InChI is InChI=1S/C11H21NO2/c13-11(5-1-2-6-11)9-12-10-3-7-14-8-4-10/h10,12-13H,1-9H2. The van der Waals surface area contributed by atoms with Gasteiger partial charge in [-0.15, -0.1) is 0 Å². The van der Waals surface area contributed by atoms with Gasteiger partial charge in [0.15, 0.2) is 0 Å². The van der Waals surface area contributed by atoms with E-state index in [1.807, 2.05) is 0 Å². The van der Waals surface area contributed by atoms with Crippen LogP contribution in [-0.2, 0) is 4.74 Å². The Labute approximate surface area is 85.8 Å². The molecule has 2 N–H and O–H groups in total. The summed E-state index contributed by atoms with van der Waals surface area (Å²) in [5, 5.41) is 13.6. The van der Waals surface area contributed by atoms with E-state index in [4.69, 9.17) is 4.74 Å². The maximum absolute atomic E-state index is 10.1. The fourth-order valence-electron chi connectivity index (χ4n) is 2.45. The molecule has 0 unspecified atom stereocenters. The number of aliphatic hydroxyl groups is 1. The smallest absolute Gasteiger partial charge is 0.0771 e. The Morgan fingerprint density at radius 1 is 1.21 bits per heavy atom. The highest BCUT2D eigenvalue weighted by Gasteiger charge is 2.31. The number of ether oxygens (including phenoxy) is 1. The van der Waals surface area contributed by atoms with Crippen molar-refractivity contribution in [1.29, 1.82) is 0 Å². The highest BCUT2D eigenvalue weighted by atomic mass is 16.5. The third kappa shape index (κ3) is 2.69. The van der Waals surface area contributed by atoms with Gasteiger partial charge in [-0.25, -0.2) is 0 Å².